The molecule has 0 bridgehead atoms. The molecule has 1 aliphatic rings. The summed E-state index contributed by atoms with van der Waals surface area (Å²) in [5.41, 5.74) is 2.60. The van der Waals surface area contributed by atoms with Gasteiger partial charge in [0.25, 0.3) is 0 Å². The first-order valence-corrected chi connectivity index (χ1v) is 3.32. The molecule has 1 aliphatic carbocycles. The molecule has 0 radical (unpaired) electrons. The minimum absolute atomic E-state index is 1.12. The Bertz CT molecular complexity index is 170. The standard InChI is InChI=1S/C9H12/c1-8-6-4-3-5-7-9(8)2/h3,5,7H,1,4,6H2,2H3. The zero-order valence-corrected chi connectivity index (χ0v) is 5.85. The summed E-state index contributed by atoms with van der Waals surface area (Å²) in [7, 11) is 0. The van der Waals surface area contributed by atoms with E-state index in [4.69, 9.17) is 0 Å². The Kier molecular flexibility index (Phi) is 1.88. The molecule has 0 aromatic heterocycles. The predicted molar refractivity (Wildman–Crippen MR) is 41.3 cm³/mol. The summed E-state index contributed by atoms with van der Waals surface area (Å²) in [5.74, 6) is 0. The van der Waals surface area contributed by atoms with E-state index in [2.05, 4.69) is 31.7 Å². The highest BCUT2D eigenvalue weighted by Crippen LogP contribution is 2.16. The van der Waals surface area contributed by atoms with E-state index in [0.717, 1.165) is 12.8 Å². The van der Waals surface area contributed by atoms with Crippen molar-refractivity contribution in [2.75, 3.05) is 0 Å². The van der Waals surface area contributed by atoms with Crippen LogP contribution in [0.4, 0.5) is 0 Å². The Morgan fingerprint density at radius 3 is 3.11 bits per heavy atom. The Morgan fingerprint density at radius 2 is 2.33 bits per heavy atom. The van der Waals surface area contributed by atoms with E-state index in [-0.39, 0.29) is 0 Å². The summed E-state index contributed by atoms with van der Waals surface area (Å²) in [4.78, 5) is 0. The van der Waals surface area contributed by atoms with Gasteiger partial charge in [0.05, 0.1) is 0 Å². The third-order valence-corrected chi connectivity index (χ3v) is 1.65. The molecular formula is C9H12. The lowest BCUT2D eigenvalue weighted by atomic mass is 10.1. The van der Waals surface area contributed by atoms with Gasteiger partial charge in [-0.15, -0.1) is 0 Å². The fourth-order valence-corrected chi connectivity index (χ4v) is 0.881. The van der Waals surface area contributed by atoms with Crippen LogP contribution in [0.1, 0.15) is 19.8 Å². The van der Waals surface area contributed by atoms with E-state index in [9.17, 15) is 0 Å². The van der Waals surface area contributed by atoms with Gasteiger partial charge < -0.3 is 0 Å². The predicted octanol–water partition coefficient (Wildman–Crippen LogP) is 2.84. The van der Waals surface area contributed by atoms with E-state index in [1.165, 1.54) is 11.1 Å². The lowest BCUT2D eigenvalue weighted by Gasteiger charge is -1.98. The minimum atomic E-state index is 1.12. The maximum atomic E-state index is 3.95. The third-order valence-electron chi connectivity index (χ3n) is 1.65. The van der Waals surface area contributed by atoms with Crippen molar-refractivity contribution in [2.24, 2.45) is 0 Å². The molecule has 0 saturated heterocycles. The summed E-state index contributed by atoms with van der Waals surface area (Å²) in [6.07, 6.45) is 8.68. The van der Waals surface area contributed by atoms with Crippen LogP contribution < -0.4 is 0 Å². The molecule has 0 amide bonds. The second-order valence-electron chi connectivity index (χ2n) is 2.42. The van der Waals surface area contributed by atoms with Crippen LogP contribution >= 0.6 is 0 Å². The van der Waals surface area contributed by atoms with E-state index in [1.54, 1.807) is 0 Å². The monoisotopic (exact) mass is 120 g/mol. The summed E-state index contributed by atoms with van der Waals surface area (Å²) in [6.45, 7) is 6.06. The highest BCUT2D eigenvalue weighted by molar-refractivity contribution is 5.31. The van der Waals surface area contributed by atoms with Crippen molar-refractivity contribution < 1.29 is 0 Å². The van der Waals surface area contributed by atoms with Crippen LogP contribution in [0.15, 0.2) is 36.0 Å². The van der Waals surface area contributed by atoms with Crippen molar-refractivity contribution >= 4 is 0 Å². The van der Waals surface area contributed by atoms with Crippen LogP contribution in [-0.4, -0.2) is 0 Å². The molecule has 0 nitrogen and oxygen atoms in total. The molecule has 0 spiro atoms. The van der Waals surface area contributed by atoms with Crippen LogP contribution in [0, 0.1) is 0 Å². The molecule has 48 valence electrons. The largest absolute Gasteiger partial charge is 0.0956 e. The molecule has 1 rings (SSSR count). The summed E-state index contributed by atoms with van der Waals surface area (Å²) in [6, 6.07) is 0. The molecule has 0 fully saturated rings. The Balaban J connectivity index is 2.74. The van der Waals surface area contributed by atoms with E-state index < -0.39 is 0 Å². The lowest BCUT2D eigenvalue weighted by Crippen LogP contribution is -1.79. The van der Waals surface area contributed by atoms with Crippen molar-refractivity contribution in [2.45, 2.75) is 19.8 Å². The first-order chi connectivity index (χ1) is 4.30. The van der Waals surface area contributed by atoms with Crippen molar-refractivity contribution in [3.8, 4) is 0 Å². The van der Waals surface area contributed by atoms with Crippen molar-refractivity contribution in [3.05, 3.63) is 36.0 Å². The normalized spacial score (nSPS) is 19.2. The van der Waals surface area contributed by atoms with E-state index in [1.807, 2.05) is 0 Å². The number of hydrogen-bond acceptors (Lipinski definition) is 0. The van der Waals surface area contributed by atoms with Crippen LogP contribution in [0.5, 0.6) is 0 Å². The first kappa shape index (κ1) is 6.34. The highest BCUT2D eigenvalue weighted by Gasteiger charge is 1.96. The SMILES string of the molecule is C=C1CCC=CC=C1C. The van der Waals surface area contributed by atoms with E-state index >= 15 is 0 Å². The zero-order chi connectivity index (χ0) is 6.69. The van der Waals surface area contributed by atoms with Crippen molar-refractivity contribution in [3.63, 3.8) is 0 Å². The van der Waals surface area contributed by atoms with Gasteiger partial charge in [-0.25, -0.2) is 0 Å². The molecule has 9 heavy (non-hydrogen) atoms. The van der Waals surface area contributed by atoms with Gasteiger partial charge >= 0.3 is 0 Å². The van der Waals surface area contributed by atoms with Gasteiger partial charge in [0, 0.05) is 0 Å². The molecule has 0 N–H and O–H groups in total. The molecule has 0 unspecified atom stereocenters. The molecule has 0 aliphatic heterocycles. The third kappa shape index (κ3) is 1.56. The smallest absolute Gasteiger partial charge is 0.0247 e. The fourth-order valence-electron chi connectivity index (χ4n) is 0.881. The van der Waals surface area contributed by atoms with Gasteiger partial charge in [0.2, 0.25) is 0 Å². The van der Waals surface area contributed by atoms with Crippen molar-refractivity contribution in [1.82, 2.24) is 0 Å². The van der Waals surface area contributed by atoms with Gasteiger partial charge in [-0.05, 0) is 25.3 Å². The maximum Gasteiger partial charge on any atom is -0.0247 e. The molecule has 0 saturated carbocycles. The molecule has 0 aromatic carbocycles. The van der Waals surface area contributed by atoms with Gasteiger partial charge in [-0.1, -0.05) is 30.4 Å². The average Bonchev–Trinajstić information content (AvgIpc) is 1.99. The Labute approximate surface area is 56.6 Å². The first-order valence-electron chi connectivity index (χ1n) is 3.32. The van der Waals surface area contributed by atoms with Crippen LogP contribution in [0.25, 0.3) is 0 Å². The summed E-state index contributed by atoms with van der Waals surface area (Å²) in [5, 5.41) is 0. The summed E-state index contributed by atoms with van der Waals surface area (Å²) < 4.78 is 0. The zero-order valence-electron chi connectivity index (χ0n) is 5.85. The molecule has 0 heteroatoms. The van der Waals surface area contributed by atoms with Gasteiger partial charge in [-0.3, -0.25) is 0 Å². The van der Waals surface area contributed by atoms with Gasteiger partial charge in [0.15, 0.2) is 0 Å². The minimum Gasteiger partial charge on any atom is -0.0956 e. The van der Waals surface area contributed by atoms with Crippen molar-refractivity contribution in [1.29, 1.82) is 0 Å². The highest BCUT2D eigenvalue weighted by atomic mass is 14.0. The van der Waals surface area contributed by atoms with Crippen LogP contribution in [-0.2, 0) is 0 Å². The average molecular weight is 120 g/mol. The summed E-state index contributed by atoms with van der Waals surface area (Å²) >= 11 is 0. The Morgan fingerprint density at radius 1 is 1.56 bits per heavy atom. The van der Waals surface area contributed by atoms with Gasteiger partial charge in [-0.2, -0.15) is 0 Å². The Hall–Kier alpha value is -0.780. The second kappa shape index (κ2) is 2.67. The van der Waals surface area contributed by atoms with Gasteiger partial charge in [0.1, 0.15) is 0 Å². The molecule has 0 aromatic rings. The second-order valence-corrected chi connectivity index (χ2v) is 2.42. The lowest BCUT2D eigenvalue weighted by molar-refractivity contribution is 1.00. The fraction of sp³-hybridized carbons (Fsp3) is 0.333. The molecular weight excluding hydrogens is 108 g/mol. The van der Waals surface area contributed by atoms with E-state index in [0.29, 0.717) is 0 Å². The topological polar surface area (TPSA) is 0 Å². The van der Waals surface area contributed by atoms with Crippen LogP contribution in [0.2, 0.25) is 0 Å². The molecule has 0 atom stereocenters. The van der Waals surface area contributed by atoms with Crippen LogP contribution in [0.3, 0.4) is 0 Å². The quantitative estimate of drug-likeness (QED) is 0.461. The molecule has 0 heterocycles. The number of allylic oxidation sites excluding steroid dienone is 5. The number of rotatable bonds is 0. The maximum absolute atomic E-state index is 3.95. The number of hydrogen-bond donors (Lipinski definition) is 0.